The van der Waals surface area contributed by atoms with Crippen LogP contribution in [0.1, 0.15) is 5.56 Å². The molecule has 2 aromatic heterocycles. The van der Waals surface area contributed by atoms with Crippen molar-refractivity contribution in [2.75, 3.05) is 12.5 Å². The molecule has 0 bridgehead atoms. The predicted octanol–water partition coefficient (Wildman–Crippen LogP) is 0.0816. The highest BCUT2D eigenvalue weighted by Crippen LogP contribution is 2.10. The minimum atomic E-state index is -0.477. The molecular weight excluding hydrogens is 220 g/mol. The minimum absolute atomic E-state index is 0.202. The van der Waals surface area contributed by atoms with Gasteiger partial charge in [-0.25, -0.2) is 10.2 Å². The van der Waals surface area contributed by atoms with Crippen molar-refractivity contribution in [3.05, 3.63) is 34.4 Å². The Kier molecular flexibility index (Phi) is 3.10. The van der Waals surface area contributed by atoms with E-state index in [1.165, 1.54) is 0 Å². The molecular formula is C10H12N6O. The number of rotatable bonds is 3. The average Bonchev–Trinajstić information content (AvgIpc) is 2.29. The monoisotopic (exact) mass is 232 g/mol. The van der Waals surface area contributed by atoms with Crippen LogP contribution in [0.25, 0.3) is 11.5 Å². The van der Waals surface area contributed by atoms with Crippen molar-refractivity contribution in [3.8, 4) is 11.5 Å². The van der Waals surface area contributed by atoms with Crippen molar-refractivity contribution in [1.29, 1.82) is 0 Å². The van der Waals surface area contributed by atoms with Gasteiger partial charge in [-0.3, -0.25) is 15.4 Å². The number of nitrogens with one attached hydrogen (secondary N) is 3. The summed E-state index contributed by atoms with van der Waals surface area (Å²) < 4.78 is 0. The molecule has 0 aliphatic carbocycles. The van der Waals surface area contributed by atoms with Crippen molar-refractivity contribution in [2.24, 2.45) is 0 Å². The number of hydrazine groups is 1. The molecule has 0 saturated carbocycles. The molecule has 17 heavy (non-hydrogen) atoms. The van der Waals surface area contributed by atoms with Gasteiger partial charge in [0.15, 0.2) is 5.82 Å². The second-order valence-electron chi connectivity index (χ2n) is 3.42. The summed E-state index contributed by atoms with van der Waals surface area (Å²) in [5, 5.41) is 0. The lowest BCUT2D eigenvalue weighted by molar-refractivity contribution is 0.903. The zero-order valence-electron chi connectivity index (χ0n) is 9.48. The van der Waals surface area contributed by atoms with Crippen molar-refractivity contribution in [2.45, 2.75) is 6.92 Å². The van der Waals surface area contributed by atoms with Gasteiger partial charge in [-0.05, 0) is 18.6 Å². The van der Waals surface area contributed by atoms with E-state index in [0.29, 0.717) is 11.5 Å². The molecule has 0 amide bonds. The molecule has 0 radical (unpaired) electrons. The summed E-state index contributed by atoms with van der Waals surface area (Å²) in [5.41, 5.74) is 6.46. The fourth-order valence-electron chi connectivity index (χ4n) is 1.28. The molecule has 0 atom stereocenters. The third kappa shape index (κ3) is 2.64. The number of aryl methyl sites for hydroxylation is 1. The number of pyridine rings is 1. The summed E-state index contributed by atoms with van der Waals surface area (Å²) in [6.45, 7) is 1.94. The lowest BCUT2D eigenvalue weighted by Gasteiger charge is -2.04. The zero-order valence-corrected chi connectivity index (χ0v) is 9.48. The van der Waals surface area contributed by atoms with E-state index in [9.17, 15) is 4.79 Å². The Morgan fingerprint density at radius 2 is 2.12 bits per heavy atom. The second-order valence-corrected chi connectivity index (χ2v) is 3.42. The van der Waals surface area contributed by atoms with Gasteiger partial charge in [0.2, 0.25) is 5.95 Å². The highest BCUT2D eigenvalue weighted by atomic mass is 16.1. The van der Waals surface area contributed by atoms with E-state index in [4.69, 9.17) is 0 Å². The summed E-state index contributed by atoms with van der Waals surface area (Å²) in [6, 6.07) is 3.69. The van der Waals surface area contributed by atoms with Gasteiger partial charge in [-0.2, -0.15) is 9.97 Å². The quantitative estimate of drug-likeness (QED) is 0.649. The van der Waals surface area contributed by atoms with Crippen LogP contribution < -0.4 is 16.5 Å². The Hall–Kier alpha value is -2.28. The van der Waals surface area contributed by atoms with Crippen LogP contribution in [-0.2, 0) is 0 Å². The predicted molar refractivity (Wildman–Crippen MR) is 63.3 cm³/mol. The third-order valence-electron chi connectivity index (χ3n) is 2.04. The molecule has 0 saturated heterocycles. The topological polar surface area (TPSA) is 95.6 Å². The number of aromatic nitrogens is 4. The average molecular weight is 232 g/mol. The Morgan fingerprint density at radius 1 is 1.29 bits per heavy atom. The molecule has 0 aromatic carbocycles. The Morgan fingerprint density at radius 3 is 2.76 bits per heavy atom. The van der Waals surface area contributed by atoms with Crippen LogP contribution in [0.4, 0.5) is 5.95 Å². The number of hydrogen-bond donors (Lipinski definition) is 3. The van der Waals surface area contributed by atoms with Crippen molar-refractivity contribution < 1.29 is 0 Å². The molecule has 0 unspecified atom stereocenters. The highest BCUT2D eigenvalue weighted by molar-refractivity contribution is 5.50. The van der Waals surface area contributed by atoms with Crippen molar-refractivity contribution >= 4 is 5.95 Å². The van der Waals surface area contributed by atoms with Gasteiger partial charge in [0, 0.05) is 13.2 Å². The van der Waals surface area contributed by atoms with Crippen LogP contribution >= 0.6 is 0 Å². The molecule has 2 rings (SSSR count). The Bertz CT molecular complexity index is 562. The van der Waals surface area contributed by atoms with Crippen LogP contribution in [0.2, 0.25) is 0 Å². The first-order valence-electron chi connectivity index (χ1n) is 5.03. The highest BCUT2D eigenvalue weighted by Gasteiger charge is 2.05. The SMILES string of the molecule is CNNc1nc(-c2ccc(C)cn2)[nH]c(=O)n1. The zero-order chi connectivity index (χ0) is 12.3. The van der Waals surface area contributed by atoms with E-state index in [0.717, 1.165) is 5.56 Å². The fraction of sp³-hybridized carbons (Fsp3) is 0.200. The van der Waals surface area contributed by atoms with Crippen LogP contribution in [-0.4, -0.2) is 27.0 Å². The standard InChI is InChI=1S/C10H12N6O/c1-6-3-4-7(12-5-6)8-13-9(16-11-2)15-10(17)14-8/h3-5,11H,1-2H3,(H2,13,14,15,16,17). The fourth-order valence-corrected chi connectivity index (χ4v) is 1.28. The Balaban J connectivity index is 2.44. The summed E-state index contributed by atoms with van der Waals surface area (Å²) >= 11 is 0. The molecule has 2 heterocycles. The van der Waals surface area contributed by atoms with E-state index in [2.05, 4.69) is 30.8 Å². The molecule has 0 fully saturated rings. The number of anilines is 1. The van der Waals surface area contributed by atoms with Crippen LogP contribution in [0.5, 0.6) is 0 Å². The number of nitrogens with zero attached hydrogens (tertiary/aromatic N) is 3. The molecule has 2 aromatic rings. The summed E-state index contributed by atoms with van der Waals surface area (Å²) in [6.07, 6.45) is 1.71. The second kappa shape index (κ2) is 4.71. The molecule has 88 valence electrons. The summed E-state index contributed by atoms with van der Waals surface area (Å²) in [7, 11) is 1.66. The largest absolute Gasteiger partial charge is 0.349 e. The van der Waals surface area contributed by atoms with E-state index >= 15 is 0 Å². The van der Waals surface area contributed by atoms with Gasteiger partial charge < -0.3 is 0 Å². The number of H-pyrrole nitrogens is 1. The Labute approximate surface area is 97.3 Å². The number of aromatic amines is 1. The summed E-state index contributed by atoms with van der Waals surface area (Å²) in [5.74, 6) is 0.580. The van der Waals surface area contributed by atoms with Crippen LogP contribution in [0, 0.1) is 6.92 Å². The van der Waals surface area contributed by atoms with Gasteiger partial charge in [0.25, 0.3) is 0 Å². The molecule has 0 aliphatic heterocycles. The first-order valence-corrected chi connectivity index (χ1v) is 5.03. The van der Waals surface area contributed by atoms with Gasteiger partial charge in [-0.1, -0.05) is 6.07 Å². The van der Waals surface area contributed by atoms with Gasteiger partial charge in [0.05, 0.1) is 0 Å². The van der Waals surface area contributed by atoms with Gasteiger partial charge in [-0.15, -0.1) is 0 Å². The lowest BCUT2D eigenvalue weighted by atomic mass is 10.3. The van der Waals surface area contributed by atoms with Crippen molar-refractivity contribution in [3.63, 3.8) is 0 Å². The maximum atomic E-state index is 11.3. The van der Waals surface area contributed by atoms with Crippen LogP contribution in [0.3, 0.4) is 0 Å². The first-order chi connectivity index (χ1) is 8.19. The van der Waals surface area contributed by atoms with Gasteiger partial charge >= 0.3 is 5.69 Å². The first kappa shape index (κ1) is 11.2. The lowest BCUT2D eigenvalue weighted by Crippen LogP contribution is -2.22. The maximum absolute atomic E-state index is 11.3. The summed E-state index contributed by atoms with van der Waals surface area (Å²) in [4.78, 5) is 25.8. The molecule has 0 spiro atoms. The maximum Gasteiger partial charge on any atom is 0.349 e. The van der Waals surface area contributed by atoms with Gasteiger partial charge in [0.1, 0.15) is 5.69 Å². The molecule has 7 heteroatoms. The van der Waals surface area contributed by atoms with E-state index in [1.54, 1.807) is 19.3 Å². The van der Waals surface area contributed by atoms with E-state index in [1.807, 2.05) is 13.0 Å². The number of hydrogen-bond acceptors (Lipinski definition) is 6. The smallest absolute Gasteiger partial charge is 0.290 e. The van der Waals surface area contributed by atoms with Crippen LogP contribution in [0.15, 0.2) is 23.1 Å². The minimum Gasteiger partial charge on any atom is -0.290 e. The molecule has 3 N–H and O–H groups in total. The normalized spacial score (nSPS) is 10.2. The third-order valence-corrected chi connectivity index (χ3v) is 2.04. The van der Waals surface area contributed by atoms with E-state index < -0.39 is 5.69 Å². The van der Waals surface area contributed by atoms with E-state index in [-0.39, 0.29) is 5.95 Å². The van der Waals surface area contributed by atoms with Crippen molar-refractivity contribution in [1.82, 2.24) is 25.4 Å². The molecule has 7 nitrogen and oxygen atoms in total. The molecule has 0 aliphatic rings.